The van der Waals surface area contributed by atoms with Crippen molar-refractivity contribution in [2.45, 2.75) is 13.1 Å². The molecule has 2 heterocycles. The van der Waals surface area contributed by atoms with E-state index in [-0.39, 0.29) is 11.3 Å². The maximum atomic E-state index is 13.1. The highest BCUT2D eigenvalue weighted by atomic mass is 19.4. The quantitative estimate of drug-likeness (QED) is 0.724. The van der Waals surface area contributed by atoms with Gasteiger partial charge in [-0.15, -0.1) is 0 Å². The first-order chi connectivity index (χ1) is 10.4. The van der Waals surface area contributed by atoms with Gasteiger partial charge in [-0.25, -0.2) is 9.50 Å². The molecule has 4 nitrogen and oxygen atoms in total. The van der Waals surface area contributed by atoms with Crippen LogP contribution >= 0.6 is 0 Å². The lowest BCUT2D eigenvalue weighted by molar-refractivity contribution is -0.142. The lowest BCUT2D eigenvalue weighted by Crippen LogP contribution is -2.13. The smallest absolute Gasteiger partial charge is 0.433 e. The summed E-state index contributed by atoms with van der Waals surface area (Å²) in [6, 6.07) is 7.97. The summed E-state index contributed by atoms with van der Waals surface area (Å²) in [5.74, 6) is 0.667. The van der Waals surface area contributed by atoms with Gasteiger partial charge in [0, 0.05) is 11.3 Å². The molecule has 0 unspecified atom stereocenters. The Labute approximate surface area is 124 Å². The fraction of sp³-hybridized carbons (Fsp3) is 0.200. The Morgan fingerprint density at radius 2 is 1.82 bits per heavy atom. The highest BCUT2D eigenvalue weighted by Gasteiger charge is 2.35. The van der Waals surface area contributed by atoms with Gasteiger partial charge in [0.1, 0.15) is 11.4 Å². The second-order valence-electron chi connectivity index (χ2n) is 4.80. The molecule has 2 aromatic heterocycles. The van der Waals surface area contributed by atoms with Crippen LogP contribution in [0.25, 0.3) is 16.8 Å². The normalized spacial score (nSPS) is 11.9. The number of halogens is 3. The summed E-state index contributed by atoms with van der Waals surface area (Å²) >= 11 is 0. The van der Waals surface area contributed by atoms with Crippen molar-refractivity contribution in [1.29, 1.82) is 0 Å². The van der Waals surface area contributed by atoms with Crippen molar-refractivity contribution in [2.75, 3.05) is 7.11 Å². The average Bonchev–Trinajstić information content (AvgIpc) is 2.89. The molecule has 7 heteroatoms. The van der Waals surface area contributed by atoms with E-state index < -0.39 is 11.9 Å². The highest BCUT2D eigenvalue weighted by Crippen LogP contribution is 2.32. The first kappa shape index (κ1) is 14.4. The third kappa shape index (κ3) is 2.38. The fourth-order valence-corrected chi connectivity index (χ4v) is 2.26. The number of rotatable bonds is 2. The number of hydrogen-bond donors (Lipinski definition) is 0. The maximum Gasteiger partial charge on any atom is 0.433 e. The van der Waals surface area contributed by atoms with Crippen LogP contribution in [-0.2, 0) is 6.18 Å². The third-order valence-electron chi connectivity index (χ3n) is 3.29. The number of nitrogens with zero attached hydrogens (tertiary/aromatic N) is 3. The molecule has 0 N–H and O–H groups in total. The molecule has 114 valence electrons. The molecule has 22 heavy (non-hydrogen) atoms. The van der Waals surface area contributed by atoms with Crippen molar-refractivity contribution in [1.82, 2.24) is 14.6 Å². The molecule has 0 spiro atoms. The zero-order valence-electron chi connectivity index (χ0n) is 11.8. The van der Waals surface area contributed by atoms with Crippen molar-refractivity contribution >= 4 is 5.65 Å². The Morgan fingerprint density at radius 1 is 1.14 bits per heavy atom. The summed E-state index contributed by atoms with van der Waals surface area (Å²) in [6.07, 6.45) is -3.10. The highest BCUT2D eigenvalue weighted by molar-refractivity contribution is 5.77. The van der Waals surface area contributed by atoms with Gasteiger partial charge in [0.25, 0.3) is 0 Å². The van der Waals surface area contributed by atoms with Gasteiger partial charge in [-0.1, -0.05) is 12.1 Å². The summed E-state index contributed by atoms with van der Waals surface area (Å²) in [7, 11) is 1.55. The van der Waals surface area contributed by atoms with Crippen molar-refractivity contribution in [3.8, 4) is 16.9 Å². The molecule has 3 rings (SSSR count). The third-order valence-corrected chi connectivity index (χ3v) is 3.29. The molecule has 0 saturated heterocycles. The molecule has 0 bridgehead atoms. The summed E-state index contributed by atoms with van der Waals surface area (Å²) in [6.45, 7) is 1.53. The summed E-state index contributed by atoms with van der Waals surface area (Å²) in [5.41, 5.74) is 0.890. The van der Waals surface area contributed by atoms with Crippen LogP contribution in [0, 0.1) is 6.92 Å². The van der Waals surface area contributed by atoms with Gasteiger partial charge in [-0.2, -0.15) is 18.3 Å². The van der Waals surface area contributed by atoms with Crippen LogP contribution in [0.2, 0.25) is 0 Å². The molecule has 0 aliphatic heterocycles. The van der Waals surface area contributed by atoms with Gasteiger partial charge >= 0.3 is 6.18 Å². The number of aromatic nitrogens is 3. The van der Waals surface area contributed by atoms with Gasteiger partial charge in [0.2, 0.25) is 0 Å². The van der Waals surface area contributed by atoms with Crippen LogP contribution in [0.1, 0.15) is 11.4 Å². The van der Waals surface area contributed by atoms with E-state index in [0.717, 1.165) is 16.1 Å². The number of methoxy groups -OCH3 is 1. The largest absolute Gasteiger partial charge is 0.497 e. The molecule has 0 saturated carbocycles. The number of alkyl halides is 3. The predicted octanol–water partition coefficient (Wildman–Crippen LogP) is 3.73. The lowest BCUT2D eigenvalue weighted by atomic mass is 10.1. The molecule has 0 atom stereocenters. The van der Waals surface area contributed by atoms with E-state index in [1.54, 1.807) is 31.4 Å². The monoisotopic (exact) mass is 307 g/mol. The second-order valence-corrected chi connectivity index (χ2v) is 4.80. The van der Waals surface area contributed by atoms with Crippen LogP contribution < -0.4 is 4.74 Å². The van der Waals surface area contributed by atoms with Crippen LogP contribution in [0.15, 0.2) is 36.5 Å². The molecule has 0 aliphatic carbocycles. The lowest BCUT2D eigenvalue weighted by Gasteiger charge is -2.10. The minimum atomic E-state index is -4.49. The molecule has 0 aliphatic rings. The number of aryl methyl sites for hydroxylation is 1. The topological polar surface area (TPSA) is 39.4 Å². The standard InChI is InChI=1S/C15H12F3N3O/c1-9-7-13(15(16,17)18)21-14(20-9)12(8-19-21)10-3-5-11(22-2)6-4-10/h3-8H,1-2H3. The zero-order valence-corrected chi connectivity index (χ0v) is 11.8. The SMILES string of the molecule is COc1ccc(-c2cnn3c(C(F)(F)F)cc(C)nc23)cc1. The minimum Gasteiger partial charge on any atom is -0.497 e. The van der Waals surface area contributed by atoms with E-state index in [1.807, 2.05) is 0 Å². The molecule has 1 aromatic carbocycles. The van der Waals surface area contributed by atoms with Crippen LogP contribution in [0.5, 0.6) is 5.75 Å². The van der Waals surface area contributed by atoms with Gasteiger partial charge in [0.15, 0.2) is 5.65 Å². The Hall–Kier alpha value is -2.57. The number of benzene rings is 1. The maximum absolute atomic E-state index is 13.1. The number of ether oxygens (including phenoxy) is 1. The second kappa shape index (κ2) is 5.01. The number of hydrogen-bond acceptors (Lipinski definition) is 3. The predicted molar refractivity (Wildman–Crippen MR) is 74.7 cm³/mol. The molecular weight excluding hydrogens is 295 g/mol. The Kier molecular flexibility index (Phi) is 3.27. The van der Waals surface area contributed by atoms with E-state index in [9.17, 15) is 13.2 Å². The first-order valence-electron chi connectivity index (χ1n) is 6.47. The molecule has 3 aromatic rings. The zero-order chi connectivity index (χ0) is 15.9. The molecule has 0 fully saturated rings. The summed E-state index contributed by atoms with van der Waals surface area (Å²) < 4.78 is 45.2. The van der Waals surface area contributed by atoms with E-state index in [2.05, 4.69) is 10.1 Å². The average molecular weight is 307 g/mol. The van der Waals surface area contributed by atoms with E-state index in [4.69, 9.17) is 4.74 Å². The van der Waals surface area contributed by atoms with Crippen LogP contribution in [0.3, 0.4) is 0 Å². The Morgan fingerprint density at radius 3 is 2.41 bits per heavy atom. The van der Waals surface area contributed by atoms with Gasteiger partial charge in [-0.3, -0.25) is 0 Å². The molecule has 0 amide bonds. The van der Waals surface area contributed by atoms with Gasteiger partial charge < -0.3 is 4.74 Å². The first-order valence-corrected chi connectivity index (χ1v) is 6.47. The van der Waals surface area contributed by atoms with E-state index in [0.29, 0.717) is 11.3 Å². The molecular formula is C15H12F3N3O. The van der Waals surface area contributed by atoms with E-state index in [1.165, 1.54) is 13.1 Å². The Bertz CT molecular complexity index is 822. The fourth-order valence-electron chi connectivity index (χ4n) is 2.26. The van der Waals surface area contributed by atoms with Crippen LogP contribution in [0.4, 0.5) is 13.2 Å². The van der Waals surface area contributed by atoms with Gasteiger partial charge in [-0.05, 0) is 30.7 Å². The van der Waals surface area contributed by atoms with Crippen LogP contribution in [-0.4, -0.2) is 21.7 Å². The van der Waals surface area contributed by atoms with Crippen molar-refractivity contribution < 1.29 is 17.9 Å². The van der Waals surface area contributed by atoms with Gasteiger partial charge in [0.05, 0.1) is 13.3 Å². The van der Waals surface area contributed by atoms with Crippen molar-refractivity contribution in [3.63, 3.8) is 0 Å². The molecule has 0 radical (unpaired) electrons. The number of fused-ring (bicyclic) bond motifs is 1. The summed E-state index contributed by atoms with van der Waals surface area (Å²) in [4.78, 5) is 4.20. The Balaban J connectivity index is 2.21. The van der Waals surface area contributed by atoms with Crippen molar-refractivity contribution in [2.24, 2.45) is 0 Å². The minimum absolute atomic E-state index is 0.178. The van der Waals surface area contributed by atoms with Crippen molar-refractivity contribution in [3.05, 3.63) is 47.9 Å². The summed E-state index contributed by atoms with van der Waals surface area (Å²) in [5, 5.41) is 3.85. The van der Waals surface area contributed by atoms with E-state index >= 15 is 0 Å².